The molecule has 9 heteroatoms. The van der Waals surface area contributed by atoms with Gasteiger partial charge in [-0.25, -0.2) is 8.42 Å². The second-order valence-corrected chi connectivity index (χ2v) is 10.5. The summed E-state index contributed by atoms with van der Waals surface area (Å²) in [5.41, 5.74) is 2.04. The highest BCUT2D eigenvalue weighted by Crippen LogP contribution is 2.33. The molecule has 34 heavy (non-hydrogen) atoms. The second-order valence-electron chi connectivity index (χ2n) is 8.69. The van der Waals surface area contributed by atoms with Gasteiger partial charge in [-0.3, -0.25) is 13.9 Å². The standard InChI is InChI=1S/C25H31N3O5S/c1-33-17-5-13-26-24(29)20-10-14-27(15-11-20)25(30)21-7-4-8-22(18-21)34(31,32)28-16-12-19-6-2-3-9-23(19)28/h2-4,6-9,18,20H,5,10-17H2,1H3,(H,26,29). The number of hydrogen-bond acceptors (Lipinski definition) is 5. The lowest BCUT2D eigenvalue weighted by Gasteiger charge is -2.31. The molecule has 2 heterocycles. The van der Waals surface area contributed by atoms with Gasteiger partial charge in [0, 0.05) is 51.4 Å². The fourth-order valence-corrected chi connectivity index (χ4v) is 6.12. The van der Waals surface area contributed by atoms with Crippen molar-refractivity contribution in [1.29, 1.82) is 0 Å². The Hall–Kier alpha value is -2.91. The van der Waals surface area contributed by atoms with E-state index in [1.807, 2.05) is 24.3 Å². The second kappa shape index (κ2) is 10.6. The number of piperidine rings is 1. The van der Waals surface area contributed by atoms with Crippen LogP contribution in [0.25, 0.3) is 0 Å². The van der Waals surface area contributed by atoms with Crippen LogP contribution in [-0.2, 0) is 26.0 Å². The average molecular weight is 486 g/mol. The maximum Gasteiger partial charge on any atom is 0.264 e. The average Bonchev–Trinajstić information content (AvgIpc) is 3.31. The van der Waals surface area contributed by atoms with E-state index in [9.17, 15) is 18.0 Å². The van der Waals surface area contributed by atoms with E-state index >= 15 is 0 Å². The molecule has 1 N–H and O–H groups in total. The lowest BCUT2D eigenvalue weighted by atomic mass is 9.95. The largest absolute Gasteiger partial charge is 0.385 e. The van der Waals surface area contributed by atoms with Gasteiger partial charge in [-0.1, -0.05) is 24.3 Å². The van der Waals surface area contributed by atoms with Crippen LogP contribution in [0.2, 0.25) is 0 Å². The molecule has 1 fully saturated rings. The van der Waals surface area contributed by atoms with E-state index in [1.54, 1.807) is 24.1 Å². The minimum Gasteiger partial charge on any atom is -0.385 e. The van der Waals surface area contributed by atoms with E-state index in [0.717, 1.165) is 12.0 Å². The first-order valence-corrected chi connectivity index (χ1v) is 13.1. The molecule has 1 saturated heterocycles. The molecule has 0 aliphatic carbocycles. The number of anilines is 1. The Morgan fingerprint density at radius 1 is 1.06 bits per heavy atom. The molecule has 0 saturated carbocycles. The molecule has 182 valence electrons. The summed E-state index contributed by atoms with van der Waals surface area (Å²) in [7, 11) is -2.14. The molecular weight excluding hydrogens is 454 g/mol. The molecule has 4 rings (SSSR count). The number of para-hydroxylation sites is 1. The lowest BCUT2D eigenvalue weighted by molar-refractivity contribution is -0.126. The number of amides is 2. The van der Waals surface area contributed by atoms with Crippen molar-refractivity contribution < 1.29 is 22.7 Å². The number of carbonyl (C=O) groups excluding carboxylic acids is 2. The Morgan fingerprint density at radius 2 is 1.82 bits per heavy atom. The number of sulfonamides is 1. The Balaban J connectivity index is 1.40. The van der Waals surface area contributed by atoms with E-state index in [0.29, 0.717) is 63.3 Å². The monoisotopic (exact) mass is 485 g/mol. The lowest BCUT2D eigenvalue weighted by Crippen LogP contribution is -2.43. The van der Waals surface area contributed by atoms with Crippen LogP contribution in [0.1, 0.15) is 35.2 Å². The van der Waals surface area contributed by atoms with Crippen LogP contribution in [-0.4, -0.2) is 65.0 Å². The number of ether oxygens (including phenoxy) is 1. The number of benzene rings is 2. The normalized spacial score (nSPS) is 16.4. The van der Waals surface area contributed by atoms with E-state index in [4.69, 9.17) is 4.74 Å². The summed E-state index contributed by atoms with van der Waals surface area (Å²) in [6.45, 7) is 2.50. The summed E-state index contributed by atoms with van der Waals surface area (Å²) < 4.78 is 33.1. The fourth-order valence-electron chi connectivity index (χ4n) is 4.57. The molecule has 2 aromatic carbocycles. The molecule has 2 aromatic rings. The first-order chi connectivity index (χ1) is 16.4. The van der Waals surface area contributed by atoms with Gasteiger partial charge in [0.25, 0.3) is 15.9 Å². The van der Waals surface area contributed by atoms with Crippen LogP contribution < -0.4 is 9.62 Å². The third-order valence-corrected chi connectivity index (χ3v) is 8.30. The van der Waals surface area contributed by atoms with Crippen LogP contribution in [0.5, 0.6) is 0 Å². The molecule has 2 amide bonds. The zero-order chi connectivity index (χ0) is 24.1. The molecule has 2 aliphatic rings. The van der Waals surface area contributed by atoms with Crippen LogP contribution in [0.3, 0.4) is 0 Å². The summed E-state index contributed by atoms with van der Waals surface area (Å²) in [5, 5.41) is 2.93. The van der Waals surface area contributed by atoms with Crippen molar-refractivity contribution in [1.82, 2.24) is 10.2 Å². The van der Waals surface area contributed by atoms with Gasteiger partial charge in [-0.05, 0) is 55.5 Å². The summed E-state index contributed by atoms with van der Waals surface area (Å²) in [5.74, 6) is -0.312. The first-order valence-electron chi connectivity index (χ1n) is 11.7. The number of nitrogens with one attached hydrogen (secondary N) is 1. The highest BCUT2D eigenvalue weighted by atomic mass is 32.2. The van der Waals surface area contributed by atoms with Gasteiger partial charge in [0.15, 0.2) is 0 Å². The topological polar surface area (TPSA) is 96.0 Å². The zero-order valence-electron chi connectivity index (χ0n) is 19.4. The molecule has 0 aromatic heterocycles. The predicted octanol–water partition coefficient (Wildman–Crippen LogP) is 2.44. The minimum absolute atomic E-state index is 0.0159. The first kappa shape index (κ1) is 24.2. The number of carbonyl (C=O) groups is 2. The van der Waals surface area contributed by atoms with Crippen LogP contribution in [0.4, 0.5) is 5.69 Å². The van der Waals surface area contributed by atoms with Crippen LogP contribution in [0.15, 0.2) is 53.4 Å². The van der Waals surface area contributed by atoms with E-state index < -0.39 is 10.0 Å². The number of rotatable bonds is 8. The quantitative estimate of drug-likeness (QED) is 0.580. The highest BCUT2D eigenvalue weighted by Gasteiger charge is 2.32. The Bertz CT molecular complexity index is 1140. The van der Waals surface area contributed by atoms with Crippen molar-refractivity contribution in [2.24, 2.45) is 5.92 Å². The Kier molecular flexibility index (Phi) is 7.53. The van der Waals surface area contributed by atoms with E-state index in [1.165, 1.54) is 16.4 Å². The van der Waals surface area contributed by atoms with Crippen molar-refractivity contribution >= 4 is 27.5 Å². The van der Waals surface area contributed by atoms with Gasteiger partial charge in [0.2, 0.25) is 5.91 Å². The molecule has 0 spiro atoms. The molecular formula is C25H31N3O5S. The van der Waals surface area contributed by atoms with Gasteiger partial charge in [0.1, 0.15) is 0 Å². The number of hydrogen-bond donors (Lipinski definition) is 1. The summed E-state index contributed by atoms with van der Waals surface area (Å²) >= 11 is 0. The number of likely N-dealkylation sites (tertiary alicyclic amines) is 1. The number of fused-ring (bicyclic) bond motifs is 1. The molecule has 8 nitrogen and oxygen atoms in total. The summed E-state index contributed by atoms with van der Waals surface area (Å²) in [4.78, 5) is 27.3. The molecule has 0 radical (unpaired) electrons. The zero-order valence-corrected chi connectivity index (χ0v) is 20.2. The van der Waals surface area contributed by atoms with Crippen molar-refractivity contribution in [2.75, 3.05) is 44.2 Å². The molecule has 0 unspecified atom stereocenters. The van der Waals surface area contributed by atoms with Crippen LogP contribution in [0, 0.1) is 5.92 Å². The third-order valence-electron chi connectivity index (χ3n) is 6.49. The van der Waals surface area contributed by atoms with Gasteiger partial charge in [-0.2, -0.15) is 0 Å². The Morgan fingerprint density at radius 3 is 2.59 bits per heavy atom. The van der Waals surface area contributed by atoms with Crippen LogP contribution >= 0.6 is 0 Å². The molecule has 0 bridgehead atoms. The van der Waals surface area contributed by atoms with Gasteiger partial charge < -0.3 is 15.0 Å². The summed E-state index contributed by atoms with van der Waals surface area (Å²) in [6.07, 6.45) is 2.61. The summed E-state index contributed by atoms with van der Waals surface area (Å²) in [6, 6.07) is 13.7. The van der Waals surface area contributed by atoms with E-state index in [2.05, 4.69) is 5.32 Å². The predicted molar refractivity (Wildman–Crippen MR) is 129 cm³/mol. The van der Waals surface area contributed by atoms with Crippen molar-refractivity contribution in [3.05, 3.63) is 59.7 Å². The fraction of sp³-hybridized carbons (Fsp3) is 0.440. The SMILES string of the molecule is COCCCNC(=O)C1CCN(C(=O)c2cccc(S(=O)(=O)N3CCc4ccccc43)c2)CC1. The van der Waals surface area contributed by atoms with Gasteiger partial charge in [0.05, 0.1) is 10.6 Å². The van der Waals surface area contributed by atoms with Crippen molar-refractivity contribution in [3.8, 4) is 0 Å². The Labute approximate surface area is 200 Å². The van der Waals surface area contributed by atoms with Gasteiger partial charge >= 0.3 is 0 Å². The smallest absolute Gasteiger partial charge is 0.264 e. The van der Waals surface area contributed by atoms with Crippen molar-refractivity contribution in [2.45, 2.75) is 30.6 Å². The van der Waals surface area contributed by atoms with Gasteiger partial charge in [-0.15, -0.1) is 0 Å². The van der Waals surface area contributed by atoms with E-state index in [-0.39, 0.29) is 22.6 Å². The molecule has 0 atom stereocenters. The number of nitrogens with zero attached hydrogens (tertiary/aromatic N) is 2. The highest BCUT2D eigenvalue weighted by molar-refractivity contribution is 7.92. The maximum atomic E-state index is 13.3. The minimum atomic E-state index is -3.77. The number of methoxy groups -OCH3 is 1. The van der Waals surface area contributed by atoms with Crippen molar-refractivity contribution in [3.63, 3.8) is 0 Å². The third kappa shape index (κ3) is 5.10. The maximum absolute atomic E-state index is 13.3. The molecule has 2 aliphatic heterocycles.